The maximum Gasteiger partial charge on any atom is 0.304 e. The molecule has 0 saturated carbocycles. The molecule has 0 spiro atoms. The maximum atomic E-state index is 15.5. The van der Waals surface area contributed by atoms with E-state index in [1.807, 2.05) is 0 Å². The third-order valence-corrected chi connectivity index (χ3v) is 5.30. The van der Waals surface area contributed by atoms with Gasteiger partial charge in [-0.25, -0.2) is 17.6 Å². The summed E-state index contributed by atoms with van der Waals surface area (Å²) in [6.07, 6.45) is 0. The Kier molecular flexibility index (Phi) is 6.29. The van der Waals surface area contributed by atoms with Gasteiger partial charge in [0.1, 0.15) is 29.7 Å². The van der Waals surface area contributed by atoms with Crippen LogP contribution in [0.25, 0.3) is 11.1 Å². The van der Waals surface area contributed by atoms with Crippen LogP contribution in [0, 0.1) is 11.6 Å². The van der Waals surface area contributed by atoms with Crippen LogP contribution >= 0.6 is 24.0 Å². The number of rotatable bonds is 2. The number of hydrogen-bond acceptors (Lipinski definition) is 3. The highest BCUT2D eigenvalue weighted by Crippen LogP contribution is 2.51. The molecule has 3 rings (SSSR count). The van der Waals surface area contributed by atoms with E-state index in [1.165, 1.54) is 44.2 Å². The fraction of sp³-hybridized carbons (Fsp3) is 0.350. The molecule has 0 radical (unpaired) electrons. The molecule has 0 aromatic heterocycles. The molecule has 158 valence electrons. The van der Waals surface area contributed by atoms with Gasteiger partial charge in [-0.15, -0.1) is 12.4 Å². The zero-order chi connectivity index (χ0) is 20.9. The first-order valence-corrected chi connectivity index (χ1v) is 8.88. The van der Waals surface area contributed by atoms with Crippen molar-refractivity contribution in [3.8, 4) is 11.1 Å². The largest absolute Gasteiger partial charge is 0.385 e. The lowest BCUT2D eigenvalue weighted by molar-refractivity contribution is -0.214. The van der Waals surface area contributed by atoms with E-state index < -0.39 is 34.3 Å². The number of nitrogens with zero attached hydrogens (tertiary/aromatic N) is 1. The Morgan fingerprint density at radius 2 is 1.72 bits per heavy atom. The van der Waals surface area contributed by atoms with Gasteiger partial charge < -0.3 is 10.5 Å². The van der Waals surface area contributed by atoms with Crippen LogP contribution in [0.5, 0.6) is 0 Å². The number of halogens is 6. The minimum atomic E-state index is -3.65. The second kappa shape index (κ2) is 7.78. The van der Waals surface area contributed by atoms with Gasteiger partial charge in [0, 0.05) is 5.56 Å². The summed E-state index contributed by atoms with van der Waals surface area (Å²) in [6.45, 7) is 3.14. The molecule has 2 N–H and O–H groups in total. The summed E-state index contributed by atoms with van der Waals surface area (Å²) in [6, 6.07) is 7.91. The number of hydrogen-bond donors (Lipinski definition) is 1. The predicted molar refractivity (Wildman–Crippen MR) is 108 cm³/mol. The van der Waals surface area contributed by atoms with E-state index in [1.54, 1.807) is 6.07 Å². The Morgan fingerprint density at radius 3 is 2.34 bits per heavy atom. The average molecular weight is 451 g/mol. The molecule has 1 atom stereocenters. The van der Waals surface area contributed by atoms with Gasteiger partial charge in [0.05, 0.1) is 5.02 Å². The lowest BCUT2D eigenvalue weighted by Gasteiger charge is -2.42. The molecule has 2 aromatic carbocycles. The minimum absolute atomic E-state index is 0. The van der Waals surface area contributed by atoms with Crippen molar-refractivity contribution in [1.29, 1.82) is 0 Å². The van der Waals surface area contributed by atoms with Crippen molar-refractivity contribution in [2.45, 2.75) is 37.8 Å². The molecule has 2 aromatic rings. The number of benzene rings is 2. The van der Waals surface area contributed by atoms with E-state index in [-0.39, 0.29) is 35.4 Å². The normalized spacial score (nSPS) is 23.0. The van der Waals surface area contributed by atoms with Crippen LogP contribution < -0.4 is 5.73 Å². The van der Waals surface area contributed by atoms with Crippen LogP contribution in [0.2, 0.25) is 5.02 Å². The standard InChI is InChI=1S/C20H19ClF4N2O.ClH/c1-18(2)20(24,25)19(3,27-16(26)10-28-18)14-8-12(9-15(21)17(14)23)11-5-4-6-13(22)7-11;/h4-9H,10H2,1-3H3,(H2,26,27);1H/t19-;/m1./s1. The van der Waals surface area contributed by atoms with E-state index in [0.717, 1.165) is 6.92 Å². The van der Waals surface area contributed by atoms with Crippen molar-refractivity contribution >= 4 is 29.8 Å². The van der Waals surface area contributed by atoms with Crippen LogP contribution in [-0.2, 0) is 10.3 Å². The fourth-order valence-corrected chi connectivity index (χ4v) is 3.55. The quantitative estimate of drug-likeness (QED) is 0.594. The third kappa shape index (κ3) is 3.83. The SMILES string of the molecule is CC1(C)OCC(N)=N[C@](C)(c2cc(-c3cccc(F)c3)cc(Cl)c2F)C1(F)F.Cl. The van der Waals surface area contributed by atoms with Crippen molar-refractivity contribution < 1.29 is 22.3 Å². The minimum Gasteiger partial charge on any atom is -0.385 e. The first-order chi connectivity index (χ1) is 12.9. The molecule has 0 bridgehead atoms. The van der Waals surface area contributed by atoms with Crippen LogP contribution in [0.15, 0.2) is 41.4 Å². The van der Waals surface area contributed by atoms with Crippen molar-refractivity contribution in [3.63, 3.8) is 0 Å². The molecule has 0 aliphatic carbocycles. The molecule has 1 aliphatic heterocycles. The second-order valence-electron chi connectivity index (χ2n) is 7.38. The Bertz CT molecular complexity index is 965. The molecule has 0 saturated heterocycles. The summed E-state index contributed by atoms with van der Waals surface area (Å²) in [4.78, 5) is 3.93. The molecule has 0 fully saturated rings. The summed E-state index contributed by atoms with van der Waals surface area (Å²) in [7, 11) is 0. The van der Waals surface area contributed by atoms with E-state index in [2.05, 4.69) is 4.99 Å². The van der Waals surface area contributed by atoms with Gasteiger partial charge in [0.2, 0.25) is 0 Å². The van der Waals surface area contributed by atoms with Gasteiger partial charge >= 0.3 is 5.92 Å². The van der Waals surface area contributed by atoms with Gasteiger partial charge in [-0.2, -0.15) is 0 Å². The summed E-state index contributed by atoms with van der Waals surface area (Å²) in [5.41, 5.74) is 1.53. The van der Waals surface area contributed by atoms with Gasteiger partial charge in [-0.1, -0.05) is 23.7 Å². The van der Waals surface area contributed by atoms with E-state index >= 15 is 8.78 Å². The first-order valence-electron chi connectivity index (χ1n) is 8.50. The second-order valence-corrected chi connectivity index (χ2v) is 7.79. The van der Waals surface area contributed by atoms with Crippen LogP contribution in [0.3, 0.4) is 0 Å². The number of ether oxygens (including phenoxy) is 1. The van der Waals surface area contributed by atoms with Crippen molar-refractivity contribution in [2.75, 3.05) is 6.61 Å². The van der Waals surface area contributed by atoms with E-state index in [4.69, 9.17) is 22.1 Å². The fourth-order valence-electron chi connectivity index (χ4n) is 3.33. The van der Waals surface area contributed by atoms with Crippen LogP contribution in [-0.4, -0.2) is 24.0 Å². The number of amidine groups is 1. The van der Waals surface area contributed by atoms with E-state index in [0.29, 0.717) is 5.56 Å². The Labute approximate surface area is 177 Å². The molecule has 9 heteroatoms. The Hall–Kier alpha value is -1.83. The van der Waals surface area contributed by atoms with Crippen LogP contribution in [0.1, 0.15) is 26.3 Å². The summed E-state index contributed by atoms with van der Waals surface area (Å²) < 4.78 is 64.8. The topological polar surface area (TPSA) is 47.6 Å². The van der Waals surface area contributed by atoms with Gasteiger partial charge in [-0.05, 0) is 56.2 Å². The van der Waals surface area contributed by atoms with Crippen molar-refractivity contribution in [3.05, 3.63) is 58.6 Å². The third-order valence-electron chi connectivity index (χ3n) is 5.03. The van der Waals surface area contributed by atoms with Crippen molar-refractivity contribution in [1.82, 2.24) is 0 Å². The zero-order valence-electron chi connectivity index (χ0n) is 15.9. The maximum absolute atomic E-state index is 15.5. The highest BCUT2D eigenvalue weighted by atomic mass is 35.5. The lowest BCUT2D eigenvalue weighted by atomic mass is 9.77. The summed E-state index contributed by atoms with van der Waals surface area (Å²) in [5, 5.41) is -0.384. The van der Waals surface area contributed by atoms with Crippen LogP contribution in [0.4, 0.5) is 17.6 Å². The monoisotopic (exact) mass is 450 g/mol. The number of nitrogens with two attached hydrogens (primary N) is 1. The predicted octanol–water partition coefficient (Wildman–Crippen LogP) is 5.72. The molecule has 3 nitrogen and oxygen atoms in total. The summed E-state index contributed by atoms with van der Waals surface area (Å²) >= 11 is 6.01. The van der Waals surface area contributed by atoms with E-state index in [9.17, 15) is 8.78 Å². The molecule has 1 aliphatic rings. The smallest absolute Gasteiger partial charge is 0.304 e. The molecular weight excluding hydrogens is 431 g/mol. The first kappa shape index (κ1) is 23.4. The number of alkyl halides is 2. The highest BCUT2D eigenvalue weighted by Gasteiger charge is 2.64. The summed E-state index contributed by atoms with van der Waals surface area (Å²) in [5.74, 6) is -5.41. The Balaban J connectivity index is 0.00000300. The van der Waals surface area contributed by atoms with Gasteiger partial charge in [0.15, 0.2) is 5.54 Å². The Morgan fingerprint density at radius 1 is 1.07 bits per heavy atom. The molecule has 29 heavy (non-hydrogen) atoms. The number of aliphatic imine (C=N–C) groups is 1. The zero-order valence-corrected chi connectivity index (χ0v) is 17.5. The molecule has 0 amide bonds. The molecular formula is C20H20Cl2F4N2O. The van der Waals surface area contributed by atoms with Crippen molar-refractivity contribution in [2.24, 2.45) is 10.7 Å². The van der Waals surface area contributed by atoms with Gasteiger partial charge in [-0.3, -0.25) is 4.99 Å². The average Bonchev–Trinajstić information content (AvgIpc) is 2.66. The molecule has 1 heterocycles. The van der Waals surface area contributed by atoms with Gasteiger partial charge in [0.25, 0.3) is 0 Å². The lowest BCUT2D eigenvalue weighted by Crippen LogP contribution is -2.56. The highest BCUT2D eigenvalue weighted by molar-refractivity contribution is 6.31. The molecule has 0 unspecified atom stereocenters.